The summed E-state index contributed by atoms with van der Waals surface area (Å²) in [4.78, 5) is 2.46. The number of methoxy groups -OCH3 is 1. The third-order valence-electron chi connectivity index (χ3n) is 6.78. The summed E-state index contributed by atoms with van der Waals surface area (Å²) in [6, 6.07) is 15.8. The smallest absolute Gasteiger partial charge is 0.121 e. The predicted molar refractivity (Wildman–Crippen MR) is 144 cm³/mol. The van der Waals surface area contributed by atoms with Crippen molar-refractivity contribution >= 4 is 23.2 Å². The Bertz CT molecular complexity index is 1140. The van der Waals surface area contributed by atoms with Crippen molar-refractivity contribution in [3.8, 4) is 11.5 Å². The molecule has 1 fully saturated rings. The highest BCUT2D eigenvalue weighted by Crippen LogP contribution is 2.30. The van der Waals surface area contributed by atoms with Crippen molar-refractivity contribution in [1.29, 1.82) is 0 Å². The van der Waals surface area contributed by atoms with Crippen LogP contribution in [0.15, 0.2) is 48.5 Å². The molecule has 194 valence electrons. The fourth-order valence-corrected chi connectivity index (χ4v) is 4.89. The van der Waals surface area contributed by atoms with Crippen LogP contribution in [0.1, 0.15) is 36.2 Å². The van der Waals surface area contributed by atoms with Crippen LogP contribution < -0.4 is 9.47 Å². The number of likely N-dealkylation sites (tertiary alicyclic amines) is 1. The molecular formula is C28H35Cl2N3O3. The zero-order valence-corrected chi connectivity index (χ0v) is 22.8. The number of hydrogen-bond acceptors (Lipinski definition) is 5. The number of hydrogen-bond donors (Lipinski definition) is 0. The Labute approximate surface area is 224 Å². The molecule has 0 spiro atoms. The molecule has 1 saturated heterocycles. The largest absolute Gasteiger partial charge is 0.494 e. The summed E-state index contributed by atoms with van der Waals surface area (Å²) in [5, 5.41) is 5.52. The Balaban J connectivity index is 1.23. The van der Waals surface area contributed by atoms with E-state index in [-0.39, 0.29) is 5.60 Å². The molecule has 6 nitrogen and oxygen atoms in total. The van der Waals surface area contributed by atoms with E-state index in [9.17, 15) is 0 Å². The lowest BCUT2D eigenvalue weighted by Gasteiger charge is -2.40. The molecule has 0 aliphatic carbocycles. The Morgan fingerprint density at radius 2 is 1.72 bits per heavy atom. The van der Waals surface area contributed by atoms with Gasteiger partial charge in [0.05, 0.1) is 22.3 Å². The van der Waals surface area contributed by atoms with Gasteiger partial charge >= 0.3 is 0 Å². The van der Waals surface area contributed by atoms with Crippen molar-refractivity contribution in [2.24, 2.45) is 0 Å². The second-order valence-corrected chi connectivity index (χ2v) is 10.3. The highest BCUT2D eigenvalue weighted by Gasteiger charge is 2.35. The monoisotopic (exact) mass is 531 g/mol. The number of aryl methyl sites for hydroxylation is 3. The van der Waals surface area contributed by atoms with E-state index < -0.39 is 0 Å². The average molecular weight is 533 g/mol. The molecule has 1 aliphatic heterocycles. The van der Waals surface area contributed by atoms with Crippen molar-refractivity contribution < 1.29 is 14.2 Å². The van der Waals surface area contributed by atoms with Gasteiger partial charge in [-0.05, 0) is 62.6 Å². The summed E-state index contributed by atoms with van der Waals surface area (Å²) in [7, 11) is 1.77. The first-order valence-electron chi connectivity index (χ1n) is 12.4. The van der Waals surface area contributed by atoms with Crippen LogP contribution in [-0.2, 0) is 17.8 Å². The van der Waals surface area contributed by atoms with Gasteiger partial charge in [0, 0.05) is 51.5 Å². The summed E-state index contributed by atoms with van der Waals surface area (Å²) in [5.41, 5.74) is 3.19. The number of ether oxygens (including phenoxy) is 3. The zero-order valence-electron chi connectivity index (χ0n) is 21.3. The maximum absolute atomic E-state index is 6.12. The standard InChI is InChI=1S/C28H35Cl2N3O3/c1-21-16-22(2)33(31-21)12-5-15-35-24-7-4-6-23(17-24)19-32-13-10-28(34-3,11-14-32)20-36-25-8-9-26(29)27(30)18-25/h4,6-9,16-18H,5,10-15,19-20H2,1-3H3. The average Bonchev–Trinajstić information content (AvgIpc) is 3.20. The molecule has 0 amide bonds. The lowest BCUT2D eigenvalue weighted by molar-refractivity contribution is -0.0839. The van der Waals surface area contributed by atoms with E-state index in [4.69, 9.17) is 37.4 Å². The Hall–Kier alpha value is -2.25. The van der Waals surface area contributed by atoms with Crippen molar-refractivity contribution in [3.05, 3.63) is 75.5 Å². The highest BCUT2D eigenvalue weighted by atomic mass is 35.5. The van der Waals surface area contributed by atoms with Gasteiger partial charge in [-0.3, -0.25) is 9.58 Å². The molecule has 0 bridgehead atoms. The minimum atomic E-state index is -0.307. The molecule has 0 N–H and O–H groups in total. The molecule has 1 aliphatic rings. The first kappa shape index (κ1) is 26.8. The van der Waals surface area contributed by atoms with Crippen molar-refractivity contribution in [1.82, 2.24) is 14.7 Å². The molecule has 2 aromatic carbocycles. The molecule has 8 heteroatoms. The number of halogens is 2. The SMILES string of the molecule is COC1(COc2ccc(Cl)c(Cl)c2)CCN(Cc2cccc(OCCCn3nc(C)cc3C)c2)CC1. The van der Waals surface area contributed by atoms with Gasteiger partial charge in [0.25, 0.3) is 0 Å². The number of benzene rings is 2. The number of aromatic nitrogens is 2. The molecule has 0 unspecified atom stereocenters. The van der Waals surface area contributed by atoms with Crippen LogP contribution in [0, 0.1) is 13.8 Å². The van der Waals surface area contributed by atoms with Crippen LogP contribution in [0.5, 0.6) is 11.5 Å². The Kier molecular flexibility index (Phi) is 9.18. The van der Waals surface area contributed by atoms with E-state index in [1.54, 1.807) is 19.2 Å². The topological polar surface area (TPSA) is 48.8 Å². The molecule has 2 heterocycles. The molecule has 36 heavy (non-hydrogen) atoms. The molecule has 0 atom stereocenters. The fourth-order valence-electron chi connectivity index (χ4n) is 4.61. The summed E-state index contributed by atoms with van der Waals surface area (Å²) in [6.45, 7) is 8.88. The molecule has 1 aromatic heterocycles. The van der Waals surface area contributed by atoms with Crippen LogP contribution in [0.2, 0.25) is 10.0 Å². The lowest BCUT2D eigenvalue weighted by Crippen LogP contribution is -2.48. The van der Waals surface area contributed by atoms with Crippen LogP contribution in [0.3, 0.4) is 0 Å². The summed E-state index contributed by atoms with van der Waals surface area (Å²) < 4.78 is 20.0. The highest BCUT2D eigenvalue weighted by molar-refractivity contribution is 6.42. The maximum atomic E-state index is 6.12. The van der Waals surface area contributed by atoms with Gasteiger partial charge in [0.15, 0.2) is 0 Å². The zero-order chi connectivity index (χ0) is 25.5. The quantitative estimate of drug-likeness (QED) is 0.270. The van der Waals surface area contributed by atoms with Crippen molar-refractivity contribution in [3.63, 3.8) is 0 Å². The van der Waals surface area contributed by atoms with Crippen LogP contribution in [-0.4, -0.2) is 53.7 Å². The van der Waals surface area contributed by atoms with E-state index in [0.29, 0.717) is 29.0 Å². The molecule has 3 aromatic rings. The van der Waals surface area contributed by atoms with E-state index in [0.717, 1.165) is 56.9 Å². The van der Waals surface area contributed by atoms with Gasteiger partial charge in [0.2, 0.25) is 0 Å². The number of rotatable bonds is 11. The van der Waals surface area contributed by atoms with E-state index in [2.05, 4.69) is 41.2 Å². The molecule has 0 radical (unpaired) electrons. The summed E-state index contributed by atoms with van der Waals surface area (Å²) >= 11 is 12.1. The van der Waals surface area contributed by atoms with Gasteiger partial charge in [-0.15, -0.1) is 0 Å². The van der Waals surface area contributed by atoms with Gasteiger partial charge in [0.1, 0.15) is 23.7 Å². The number of nitrogens with zero attached hydrogens (tertiary/aromatic N) is 3. The third kappa shape index (κ3) is 7.16. The second-order valence-electron chi connectivity index (χ2n) is 9.53. The Morgan fingerprint density at radius 3 is 2.42 bits per heavy atom. The first-order chi connectivity index (χ1) is 17.4. The van der Waals surface area contributed by atoms with E-state index >= 15 is 0 Å². The van der Waals surface area contributed by atoms with Crippen LogP contribution >= 0.6 is 23.2 Å². The van der Waals surface area contributed by atoms with E-state index in [1.165, 1.54) is 11.3 Å². The summed E-state index contributed by atoms with van der Waals surface area (Å²) in [6.07, 6.45) is 2.71. The molecule has 4 rings (SSSR count). The normalized spacial score (nSPS) is 15.7. The van der Waals surface area contributed by atoms with Gasteiger partial charge in [-0.1, -0.05) is 35.3 Å². The maximum Gasteiger partial charge on any atom is 0.121 e. The molecular weight excluding hydrogens is 497 g/mol. The van der Waals surface area contributed by atoms with Gasteiger partial charge in [-0.25, -0.2) is 0 Å². The van der Waals surface area contributed by atoms with E-state index in [1.807, 2.05) is 23.7 Å². The second kappa shape index (κ2) is 12.3. The van der Waals surface area contributed by atoms with Crippen LogP contribution in [0.4, 0.5) is 0 Å². The van der Waals surface area contributed by atoms with Crippen molar-refractivity contribution in [2.45, 2.75) is 51.8 Å². The minimum absolute atomic E-state index is 0.307. The van der Waals surface area contributed by atoms with Crippen LogP contribution in [0.25, 0.3) is 0 Å². The van der Waals surface area contributed by atoms with Crippen molar-refractivity contribution in [2.75, 3.05) is 33.4 Å². The lowest BCUT2D eigenvalue weighted by atomic mass is 9.91. The molecule has 0 saturated carbocycles. The fraction of sp³-hybridized carbons (Fsp3) is 0.464. The van der Waals surface area contributed by atoms with Gasteiger partial charge < -0.3 is 14.2 Å². The summed E-state index contributed by atoms with van der Waals surface area (Å²) in [5.74, 6) is 1.62. The third-order valence-corrected chi connectivity index (χ3v) is 7.52. The minimum Gasteiger partial charge on any atom is -0.494 e. The number of piperidine rings is 1. The predicted octanol–water partition coefficient (Wildman–Crippen LogP) is 6.34. The van der Waals surface area contributed by atoms with Gasteiger partial charge in [-0.2, -0.15) is 5.10 Å². The Morgan fingerprint density at radius 1 is 0.944 bits per heavy atom. The first-order valence-corrected chi connectivity index (χ1v) is 13.2.